The molecule has 2 aromatic rings. The first kappa shape index (κ1) is 13.2. The Kier molecular flexibility index (Phi) is 4.25. The standard InChI is InChI=1S/C13H12N2O3S/c1-2-18-12(17)10-8-14-13(19-10)15-11(16)9-6-4-3-5-7-9/h3-8H,2H2,1H3,(H,14,15,16). The molecule has 0 aliphatic carbocycles. The number of esters is 1. The van der Waals surface area contributed by atoms with Crippen molar-refractivity contribution >= 4 is 28.3 Å². The second kappa shape index (κ2) is 6.10. The molecule has 1 heterocycles. The Balaban J connectivity index is 2.04. The van der Waals surface area contributed by atoms with Gasteiger partial charge in [-0.3, -0.25) is 10.1 Å². The molecule has 0 bridgehead atoms. The van der Waals surface area contributed by atoms with Gasteiger partial charge in [0.1, 0.15) is 4.88 Å². The lowest BCUT2D eigenvalue weighted by molar-refractivity contribution is 0.0531. The van der Waals surface area contributed by atoms with Gasteiger partial charge in [0, 0.05) is 5.56 Å². The van der Waals surface area contributed by atoms with Crippen LogP contribution >= 0.6 is 11.3 Å². The van der Waals surface area contributed by atoms with Crippen LogP contribution in [0.2, 0.25) is 0 Å². The van der Waals surface area contributed by atoms with Gasteiger partial charge in [-0.25, -0.2) is 9.78 Å². The maximum Gasteiger partial charge on any atom is 0.350 e. The Hall–Kier alpha value is -2.21. The molecule has 1 N–H and O–H groups in total. The van der Waals surface area contributed by atoms with Crippen LogP contribution in [-0.4, -0.2) is 23.5 Å². The second-order valence-corrected chi connectivity index (χ2v) is 4.60. The highest BCUT2D eigenvalue weighted by Crippen LogP contribution is 2.19. The summed E-state index contributed by atoms with van der Waals surface area (Å²) >= 11 is 1.09. The van der Waals surface area contributed by atoms with Crippen molar-refractivity contribution in [3.05, 3.63) is 47.0 Å². The fourth-order valence-corrected chi connectivity index (χ4v) is 2.09. The van der Waals surface area contributed by atoms with E-state index in [0.717, 1.165) is 11.3 Å². The maximum absolute atomic E-state index is 11.9. The summed E-state index contributed by atoms with van der Waals surface area (Å²) in [5, 5.41) is 3.01. The first-order valence-electron chi connectivity index (χ1n) is 5.70. The van der Waals surface area contributed by atoms with Crippen LogP contribution < -0.4 is 5.32 Å². The molecule has 0 fully saturated rings. The number of ether oxygens (including phenoxy) is 1. The Bertz CT molecular complexity index is 581. The van der Waals surface area contributed by atoms with Crippen LogP contribution in [0.1, 0.15) is 27.0 Å². The number of carbonyl (C=O) groups excluding carboxylic acids is 2. The van der Waals surface area contributed by atoms with E-state index in [0.29, 0.717) is 22.2 Å². The van der Waals surface area contributed by atoms with Crippen LogP contribution in [0.5, 0.6) is 0 Å². The van der Waals surface area contributed by atoms with Crippen LogP contribution in [0, 0.1) is 0 Å². The van der Waals surface area contributed by atoms with E-state index in [4.69, 9.17) is 4.74 Å². The van der Waals surface area contributed by atoms with Gasteiger partial charge in [0.25, 0.3) is 5.91 Å². The van der Waals surface area contributed by atoms with Crippen LogP contribution in [0.25, 0.3) is 0 Å². The minimum Gasteiger partial charge on any atom is -0.462 e. The molecule has 0 saturated heterocycles. The molecule has 5 nitrogen and oxygen atoms in total. The van der Waals surface area contributed by atoms with Crippen LogP contribution in [0.3, 0.4) is 0 Å². The first-order chi connectivity index (χ1) is 9.20. The molecule has 0 saturated carbocycles. The lowest BCUT2D eigenvalue weighted by atomic mass is 10.2. The number of nitrogens with one attached hydrogen (secondary N) is 1. The molecular weight excluding hydrogens is 264 g/mol. The molecule has 19 heavy (non-hydrogen) atoms. The number of hydrogen-bond acceptors (Lipinski definition) is 5. The van der Waals surface area contributed by atoms with Crippen molar-refractivity contribution in [2.75, 3.05) is 11.9 Å². The smallest absolute Gasteiger partial charge is 0.350 e. The average Bonchev–Trinajstić information content (AvgIpc) is 2.88. The third-order valence-electron chi connectivity index (χ3n) is 2.24. The summed E-state index contributed by atoms with van der Waals surface area (Å²) in [5.41, 5.74) is 0.537. The summed E-state index contributed by atoms with van der Waals surface area (Å²) in [7, 11) is 0. The maximum atomic E-state index is 11.9. The molecule has 0 atom stereocenters. The quantitative estimate of drug-likeness (QED) is 0.871. The highest BCUT2D eigenvalue weighted by Gasteiger charge is 2.13. The number of aromatic nitrogens is 1. The summed E-state index contributed by atoms with van der Waals surface area (Å²) in [5.74, 6) is -0.689. The van der Waals surface area contributed by atoms with Gasteiger partial charge in [-0.1, -0.05) is 29.5 Å². The summed E-state index contributed by atoms with van der Waals surface area (Å²) in [6, 6.07) is 8.80. The zero-order valence-corrected chi connectivity index (χ0v) is 11.1. The SMILES string of the molecule is CCOC(=O)c1cnc(NC(=O)c2ccccc2)s1. The van der Waals surface area contributed by atoms with Crippen molar-refractivity contribution < 1.29 is 14.3 Å². The fraction of sp³-hybridized carbons (Fsp3) is 0.154. The Morgan fingerprint density at radius 3 is 2.74 bits per heavy atom. The predicted octanol–water partition coefficient (Wildman–Crippen LogP) is 2.57. The Labute approximate surface area is 114 Å². The van der Waals surface area contributed by atoms with Gasteiger partial charge in [0.15, 0.2) is 5.13 Å². The molecule has 0 unspecified atom stereocenters. The van der Waals surface area contributed by atoms with E-state index in [9.17, 15) is 9.59 Å². The van der Waals surface area contributed by atoms with Crippen molar-refractivity contribution in [3.8, 4) is 0 Å². The molecule has 0 spiro atoms. The van der Waals surface area contributed by atoms with Crippen LogP contribution in [0.4, 0.5) is 5.13 Å². The van der Waals surface area contributed by atoms with Gasteiger partial charge in [-0.2, -0.15) is 0 Å². The number of anilines is 1. The lowest BCUT2D eigenvalue weighted by Gasteiger charge is -2.00. The Morgan fingerprint density at radius 1 is 1.32 bits per heavy atom. The number of nitrogens with zero attached hydrogens (tertiary/aromatic N) is 1. The summed E-state index contributed by atoms with van der Waals surface area (Å²) < 4.78 is 4.85. The lowest BCUT2D eigenvalue weighted by Crippen LogP contribution is -2.11. The molecule has 0 aliphatic rings. The molecular formula is C13H12N2O3S. The monoisotopic (exact) mass is 276 g/mol. The van der Waals surface area contributed by atoms with E-state index in [-0.39, 0.29) is 5.91 Å². The molecule has 2 rings (SSSR count). The molecule has 1 aromatic carbocycles. The number of amides is 1. The average molecular weight is 276 g/mol. The summed E-state index contributed by atoms with van der Waals surface area (Å²) in [6.07, 6.45) is 1.39. The summed E-state index contributed by atoms with van der Waals surface area (Å²) in [4.78, 5) is 27.6. The minimum atomic E-state index is -0.430. The summed E-state index contributed by atoms with van der Waals surface area (Å²) in [6.45, 7) is 2.04. The number of carbonyl (C=O) groups is 2. The number of benzene rings is 1. The molecule has 0 radical (unpaired) electrons. The highest BCUT2D eigenvalue weighted by atomic mass is 32.1. The molecule has 1 aromatic heterocycles. The van der Waals surface area contributed by atoms with E-state index < -0.39 is 5.97 Å². The zero-order chi connectivity index (χ0) is 13.7. The third kappa shape index (κ3) is 3.38. The van der Waals surface area contributed by atoms with E-state index in [2.05, 4.69) is 10.3 Å². The van der Waals surface area contributed by atoms with Crippen molar-refractivity contribution in [1.82, 2.24) is 4.98 Å². The van der Waals surface area contributed by atoms with Crippen molar-refractivity contribution in [2.24, 2.45) is 0 Å². The molecule has 6 heteroatoms. The van der Waals surface area contributed by atoms with Crippen molar-refractivity contribution in [2.45, 2.75) is 6.92 Å². The largest absolute Gasteiger partial charge is 0.462 e. The van der Waals surface area contributed by atoms with Gasteiger partial charge < -0.3 is 4.74 Å². The van der Waals surface area contributed by atoms with Gasteiger partial charge in [-0.15, -0.1) is 0 Å². The Morgan fingerprint density at radius 2 is 2.05 bits per heavy atom. The highest BCUT2D eigenvalue weighted by molar-refractivity contribution is 7.17. The number of rotatable bonds is 4. The second-order valence-electron chi connectivity index (χ2n) is 3.57. The van der Waals surface area contributed by atoms with Gasteiger partial charge in [0.2, 0.25) is 0 Å². The number of hydrogen-bond donors (Lipinski definition) is 1. The van der Waals surface area contributed by atoms with Crippen LogP contribution in [0.15, 0.2) is 36.5 Å². The third-order valence-corrected chi connectivity index (χ3v) is 3.13. The zero-order valence-electron chi connectivity index (χ0n) is 10.3. The molecule has 0 aliphatic heterocycles. The predicted molar refractivity (Wildman–Crippen MR) is 72.5 cm³/mol. The fourth-order valence-electron chi connectivity index (χ4n) is 1.39. The topological polar surface area (TPSA) is 68.3 Å². The van der Waals surface area contributed by atoms with Crippen LogP contribution in [-0.2, 0) is 4.74 Å². The van der Waals surface area contributed by atoms with E-state index in [1.54, 1.807) is 31.2 Å². The van der Waals surface area contributed by atoms with Gasteiger partial charge in [0.05, 0.1) is 12.8 Å². The van der Waals surface area contributed by atoms with E-state index in [1.807, 2.05) is 6.07 Å². The first-order valence-corrected chi connectivity index (χ1v) is 6.51. The van der Waals surface area contributed by atoms with Crippen molar-refractivity contribution in [3.63, 3.8) is 0 Å². The van der Waals surface area contributed by atoms with Gasteiger partial charge >= 0.3 is 5.97 Å². The van der Waals surface area contributed by atoms with E-state index in [1.165, 1.54) is 6.20 Å². The van der Waals surface area contributed by atoms with E-state index >= 15 is 0 Å². The molecule has 1 amide bonds. The molecule has 98 valence electrons. The van der Waals surface area contributed by atoms with Gasteiger partial charge in [-0.05, 0) is 19.1 Å². The number of thiazole rings is 1. The van der Waals surface area contributed by atoms with Crippen molar-refractivity contribution in [1.29, 1.82) is 0 Å². The minimum absolute atomic E-state index is 0.259. The normalized spacial score (nSPS) is 9.95.